The molecular weight excluding hydrogens is 466 g/mol. The second-order valence-corrected chi connectivity index (χ2v) is 8.74. The van der Waals surface area contributed by atoms with Crippen LogP contribution in [0.2, 0.25) is 0 Å². The van der Waals surface area contributed by atoms with Crippen molar-refractivity contribution in [2.24, 2.45) is 14.1 Å². The minimum absolute atomic E-state index is 0.110. The Morgan fingerprint density at radius 2 is 1.81 bits per heavy atom. The number of aliphatic hydroxyl groups excluding tert-OH is 1. The Morgan fingerprint density at radius 1 is 1.08 bits per heavy atom. The zero-order chi connectivity index (χ0) is 26.1. The summed E-state index contributed by atoms with van der Waals surface area (Å²) in [6, 6.07) is 6.74. The molecule has 1 unspecified atom stereocenters. The second kappa shape index (κ2) is 13.0. The molecule has 0 aliphatic carbocycles. The maximum absolute atomic E-state index is 12.5. The van der Waals surface area contributed by atoms with Crippen LogP contribution in [0, 0.1) is 0 Å². The van der Waals surface area contributed by atoms with Crippen LogP contribution in [0.4, 0.5) is 0 Å². The van der Waals surface area contributed by atoms with Crippen LogP contribution in [0.3, 0.4) is 0 Å². The van der Waals surface area contributed by atoms with Gasteiger partial charge in [0.05, 0.1) is 6.33 Å². The van der Waals surface area contributed by atoms with Crippen molar-refractivity contribution in [1.82, 2.24) is 24.0 Å². The summed E-state index contributed by atoms with van der Waals surface area (Å²) in [5.74, 6) is 0.799. The lowest BCUT2D eigenvalue weighted by Gasteiger charge is -2.14. The number of aromatic nitrogens is 4. The van der Waals surface area contributed by atoms with Crippen molar-refractivity contribution in [2.45, 2.75) is 51.7 Å². The highest BCUT2D eigenvalue weighted by atomic mass is 16.5. The Hall–Kier alpha value is -3.44. The zero-order valence-electron chi connectivity index (χ0n) is 21.1. The Labute approximate surface area is 209 Å². The first-order chi connectivity index (χ1) is 17.3. The van der Waals surface area contributed by atoms with E-state index in [1.54, 1.807) is 42.2 Å². The van der Waals surface area contributed by atoms with Crippen molar-refractivity contribution in [3.05, 3.63) is 51.4 Å². The van der Waals surface area contributed by atoms with Crippen LogP contribution < -0.4 is 26.0 Å². The highest BCUT2D eigenvalue weighted by Crippen LogP contribution is 2.18. The van der Waals surface area contributed by atoms with Gasteiger partial charge < -0.3 is 24.5 Å². The number of nitrogens with one attached hydrogen (secondary N) is 1. The molecule has 1 atom stereocenters. The molecule has 3 aromatic rings. The van der Waals surface area contributed by atoms with Crippen LogP contribution in [0.15, 0.2) is 40.2 Å². The number of rotatable bonds is 14. The molecule has 0 aliphatic rings. The third kappa shape index (κ3) is 7.05. The molecule has 2 heterocycles. The van der Waals surface area contributed by atoms with E-state index in [-0.39, 0.29) is 18.1 Å². The van der Waals surface area contributed by atoms with Gasteiger partial charge in [-0.1, -0.05) is 19.8 Å². The fourth-order valence-corrected chi connectivity index (χ4v) is 3.77. The Bertz CT molecular complexity index is 1260. The molecule has 0 spiro atoms. The molecule has 2 N–H and O–H groups in total. The highest BCUT2D eigenvalue weighted by molar-refractivity contribution is 5.72. The summed E-state index contributed by atoms with van der Waals surface area (Å²) >= 11 is 0. The van der Waals surface area contributed by atoms with E-state index in [1.165, 1.54) is 11.6 Å². The molecule has 36 heavy (non-hydrogen) atoms. The number of fused-ring (bicyclic) bond motifs is 1. The van der Waals surface area contributed by atoms with E-state index in [2.05, 4.69) is 17.2 Å². The standard InChI is InChI=1S/C25H35N5O6/c1-4-5-6-8-21(32)36-20-11-9-19(10-12-20)35-16-18(31)15-26-13-7-14-30-17-27-23-22(30)24(33)29(3)25(34)28(23)2/h9-12,17-18,26,31H,4-8,13-16H2,1-3H3. The van der Waals surface area contributed by atoms with E-state index in [0.29, 0.717) is 55.1 Å². The van der Waals surface area contributed by atoms with Gasteiger partial charge in [0, 0.05) is 33.6 Å². The van der Waals surface area contributed by atoms with Crippen LogP contribution in [0.1, 0.15) is 39.0 Å². The number of hydrogen-bond acceptors (Lipinski definition) is 8. The summed E-state index contributed by atoms with van der Waals surface area (Å²) in [6.45, 7) is 3.69. The first-order valence-corrected chi connectivity index (χ1v) is 12.2. The maximum atomic E-state index is 12.5. The Balaban J connectivity index is 1.36. The summed E-state index contributed by atoms with van der Waals surface area (Å²) in [4.78, 5) is 40.5. The highest BCUT2D eigenvalue weighted by Gasteiger charge is 2.14. The summed E-state index contributed by atoms with van der Waals surface area (Å²) in [5, 5.41) is 13.4. The third-order valence-corrected chi connectivity index (χ3v) is 5.83. The number of esters is 1. The molecule has 196 valence electrons. The van der Waals surface area contributed by atoms with Crippen LogP contribution in [0.5, 0.6) is 11.5 Å². The predicted molar refractivity (Wildman–Crippen MR) is 135 cm³/mol. The van der Waals surface area contributed by atoms with Gasteiger partial charge in [-0.3, -0.25) is 18.7 Å². The van der Waals surface area contributed by atoms with E-state index >= 15 is 0 Å². The van der Waals surface area contributed by atoms with E-state index in [0.717, 1.165) is 23.8 Å². The normalized spacial score (nSPS) is 12.1. The summed E-state index contributed by atoms with van der Waals surface area (Å²) in [6.07, 6.45) is 4.84. The average Bonchev–Trinajstić information content (AvgIpc) is 3.30. The molecule has 1 aromatic carbocycles. The van der Waals surface area contributed by atoms with Crippen LogP contribution in [-0.4, -0.2) is 55.6 Å². The molecule has 0 bridgehead atoms. The molecule has 0 fully saturated rings. The smallest absolute Gasteiger partial charge is 0.332 e. The zero-order valence-corrected chi connectivity index (χ0v) is 21.1. The number of nitrogens with zero attached hydrogens (tertiary/aromatic N) is 4. The monoisotopic (exact) mass is 501 g/mol. The Morgan fingerprint density at radius 3 is 2.53 bits per heavy atom. The van der Waals surface area contributed by atoms with Crippen molar-refractivity contribution < 1.29 is 19.4 Å². The van der Waals surface area contributed by atoms with E-state index in [1.807, 2.05) is 0 Å². The van der Waals surface area contributed by atoms with Gasteiger partial charge in [-0.05, 0) is 43.7 Å². The first kappa shape index (κ1) is 27.2. The molecule has 3 rings (SSSR count). The molecule has 0 amide bonds. The third-order valence-electron chi connectivity index (χ3n) is 5.83. The molecule has 0 saturated heterocycles. The van der Waals surface area contributed by atoms with Crippen LogP contribution in [0.25, 0.3) is 11.2 Å². The number of benzene rings is 1. The fraction of sp³-hybridized carbons (Fsp3) is 0.520. The minimum Gasteiger partial charge on any atom is -0.491 e. The first-order valence-electron chi connectivity index (χ1n) is 12.2. The number of ether oxygens (including phenoxy) is 2. The van der Waals surface area contributed by atoms with Crippen molar-refractivity contribution in [1.29, 1.82) is 0 Å². The second-order valence-electron chi connectivity index (χ2n) is 8.74. The number of unbranched alkanes of at least 4 members (excludes halogenated alkanes) is 2. The molecule has 11 heteroatoms. The van der Waals surface area contributed by atoms with Gasteiger partial charge in [0.2, 0.25) is 0 Å². The molecule has 11 nitrogen and oxygen atoms in total. The van der Waals surface area contributed by atoms with Gasteiger partial charge in [-0.2, -0.15) is 0 Å². The fourth-order valence-electron chi connectivity index (χ4n) is 3.77. The number of hydrogen-bond donors (Lipinski definition) is 2. The van der Waals surface area contributed by atoms with E-state index in [4.69, 9.17) is 9.47 Å². The summed E-state index contributed by atoms with van der Waals surface area (Å²) < 4.78 is 15.1. The molecular formula is C25H35N5O6. The number of aryl methyl sites for hydroxylation is 2. The van der Waals surface area contributed by atoms with E-state index in [9.17, 15) is 19.5 Å². The number of carbonyl (C=O) groups excluding carboxylic acids is 1. The lowest BCUT2D eigenvalue weighted by atomic mass is 10.2. The predicted octanol–water partition coefficient (Wildman–Crippen LogP) is 1.34. The van der Waals surface area contributed by atoms with Crippen molar-refractivity contribution in [3.63, 3.8) is 0 Å². The SMILES string of the molecule is CCCCCC(=O)Oc1ccc(OCC(O)CNCCCn2cnc3c2c(=O)n(C)c(=O)n3C)cc1. The topological polar surface area (TPSA) is 130 Å². The molecule has 0 aliphatic heterocycles. The van der Waals surface area contributed by atoms with Gasteiger partial charge >= 0.3 is 11.7 Å². The summed E-state index contributed by atoms with van der Waals surface area (Å²) in [5.41, 5.74) is -0.0239. The maximum Gasteiger partial charge on any atom is 0.332 e. The van der Waals surface area contributed by atoms with E-state index < -0.39 is 11.8 Å². The van der Waals surface area contributed by atoms with Crippen LogP contribution in [-0.2, 0) is 25.4 Å². The Kier molecular flexibility index (Phi) is 9.83. The van der Waals surface area contributed by atoms with Crippen molar-refractivity contribution >= 4 is 17.1 Å². The number of carbonyl (C=O) groups is 1. The number of aliphatic hydroxyl groups is 1. The lowest BCUT2D eigenvalue weighted by Crippen LogP contribution is -2.37. The quantitative estimate of drug-likeness (QED) is 0.192. The van der Waals surface area contributed by atoms with Gasteiger partial charge in [-0.25, -0.2) is 9.78 Å². The van der Waals surface area contributed by atoms with Gasteiger partial charge in [0.1, 0.15) is 24.2 Å². The van der Waals surface area contributed by atoms with Gasteiger partial charge in [0.25, 0.3) is 5.56 Å². The molecule has 0 saturated carbocycles. The average molecular weight is 502 g/mol. The summed E-state index contributed by atoms with van der Waals surface area (Å²) in [7, 11) is 3.04. The minimum atomic E-state index is -0.711. The molecule has 0 radical (unpaired) electrons. The van der Waals surface area contributed by atoms with Crippen molar-refractivity contribution in [2.75, 3.05) is 19.7 Å². The lowest BCUT2D eigenvalue weighted by molar-refractivity contribution is -0.134. The number of imidazole rings is 1. The molecule has 2 aromatic heterocycles. The van der Waals surface area contributed by atoms with Crippen LogP contribution >= 0.6 is 0 Å². The largest absolute Gasteiger partial charge is 0.491 e. The van der Waals surface area contributed by atoms with Gasteiger partial charge in [0.15, 0.2) is 11.2 Å². The van der Waals surface area contributed by atoms with Gasteiger partial charge in [-0.15, -0.1) is 0 Å². The van der Waals surface area contributed by atoms with Crippen molar-refractivity contribution in [3.8, 4) is 11.5 Å².